The Hall–Kier alpha value is -3.19. The average molecular weight is 540 g/mol. The van der Waals surface area contributed by atoms with Crippen LogP contribution in [0.2, 0.25) is 23.2 Å². The highest BCUT2D eigenvalue weighted by atomic mass is 35.5. The third-order valence-electron chi connectivity index (χ3n) is 6.66. The number of rotatable bonds is 8. The number of hydrogen-bond donors (Lipinski definition) is 2. The molecule has 0 saturated heterocycles. The Morgan fingerprint density at radius 3 is 2.41 bits per heavy atom. The normalized spacial score (nSPS) is 13.5. The van der Waals surface area contributed by atoms with Gasteiger partial charge in [-0.05, 0) is 73.9 Å². The van der Waals surface area contributed by atoms with E-state index in [-0.39, 0.29) is 17.0 Å². The molecular weight excluding hydrogens is 506 g/mol. The molecule has 196 valence electrons. The molecule has 0 radical (unpaired) electrons. The Morgan fingerprint density at radius 1 is 1.19 bits per heavy atom. The number of amides is 1. The third kappa shape index (κ3) is 6.77. The molecule has 2 N–H and O–H groups in total. The largest absolute Gasteiger partial charge is 0.418 e. The van der Waals surface area contributed by atoms with Crippen molar-refractivity contribution in [3.05, 3.63) is 58.4 Å². The van der Waals surface area contributed by atoms with Crippen LogP contribution in [-0.4, -0.2) is 30.5 Å². The molecule has 2 aromatic carbocycles. The lowest BCUT2D eigenvalue weighted by Crippen LogP contribution is -2.45. The fourth-order valence-corrected chi connectivity index (χ4v) is 5.23. The van der Waals surface area contributed by atoms with E-state index in [4.69, 9.17) is 20.4 Å². The van der Waals surface area contributed by atoms with Crippen molar-refractivity contribution in [3.8, 4) is 17.5 Å². The quantitative estimate of drug-likeness (QED) is 0.293. The first-order valence-corrected chi connectivity index (χ1v) is 15.4. The van der Waals surface area contributed by atoms with Gasteiger partial charge in [-0.25, -0.2) is 0 Å². The molecule has 1 amide bonds. The summed E-state index contributed by atoms with van der Waals surface area (Å²) in [7, 11) is -2.14. The maximum Gasteiger partial charge on any atom is 0.247 e. The van der Waals surface area contributed by atoms with Crippen molar-refractivity contribution >= 4 is 37.2 Å². The lowest BCUT2D eigenvalue weighted by molar-refractivity contribution is -0.114. The molecule has 2 atom stereocenters. The number of carbonyl (C=O) groups excluding carboxylic acids is 1. The monoisotopic (exact) mass is 539 g/mol. The number of aryl methyl sites for hydroxylation is 1. The molecule has 0 fully saturated rings. The summed E-state index contributed by atoms with van der Waals surface area (Å²) in [6.45, 7) is 16.3. The van der Waals surface area contributed by atoms with Gasteiger partial charge in [0.25, 0.3) is 0 Å². The second-order valence-electron chi connectivity index (χ2n) is 10.7. The van der Waals surface area contributed by atoms with E-state index < -0.39 is 14.4 Å². The molecule has 0 spiro atoms. The van der Waals surface area contributed by atoms with E-state index in [1.54, 1.807) is 24.3 Å². The number of anilines is 2. The number of aromatic nitrogens is 2. The number of halogens is 1. The highest BCUT2D eigenvalue weighted by molar-refractivity contribution is 6.74. The van der Waals surface area contributed by atoms with Crippen LogP contribution >= 0.6 is 11.6 Å². The van der Waals surface area contributed by atoms with Crippen molar-refractivity contribution in [2.45, 2.75) is 71.8 Å². The Labute approximate surface area is 224 Å². The summed E-state index contributed by atoms with van der Waals surface area (Å²) in [6, 6.07) is 12.3. The van der Waals surface area contributed by atoms with Gasteiger partial charge in [0, 0.05) is 23.9 Å². The Morgan fingerprint density at radius 2 is 1.84 bits per heavy atom. The first kappa shape index (κ1) is 28.4. The first-order chi connectivity index (χ1) is 17.2. The van der Waals surface area contributed by atoms with Gasteiger partial charge in [0.15, 0.2) is 8.32 Å². The fourth-order valence-electron chi connectivity index (χ4n) is 3.55. The Balaban J connectivity index is 1.98. The van der Waals surface area contributed by atoms with Gasteiger partial charge in [-0.15, -0.1) is 10.2 Å². The predicted molar refractivity (Wildman–Crippen MR) is 149 cm³/mol. The van der Waals surface area contributed by atoms with Gasteiger partial charge in [0.2, 0.25) is 17.7 Å². The van der Waals surface area contributed by atoms with Crippen LogP contribution in [0.4, 0.5) is 11.4 Å². The van der Waals surface area contributed by atoms with E-state index in [2.05, 4.69) is 60.8 Å². The zero-order chi connectivity index (χ0) is 27.5. The zero-order valence-electron chi connectivity index (χ0n) is 22.6. The molecule has 3 rings (SSSR count). The van der Waals surface area contributed by atoms with E-state index in [0.29, 0.717) is 28.1 Å². The lowest BCUT2D eigenvalue weighted by Gasteiger charge is -2.40. The smallest absolute Gasteiger partial charge is 0.247 e. The van der Waals surface area contributed by atoms with E-state index in [1.165, 1.54) is 6.92 Å². The van der Waals surface area contributed by atoms with Gasteiger partial charge in [0.1, 0.15) is 12.1 Å². The molecule has 3 aromatic rings. The van der Waals surface area contributed by atoms with Gasteiger partial charge in [-0.3, -0.25) is 4.79 Å². The molecule has 0 bridgehead atoms. The summed E-state index contributed by atoms with van der Waals surface area (Å²) in [4.78, 5) is 11.3. The van der Waals surface area contributed by atoms with E-state index >= 15 is 0 Å². The summed E-state index contributed by atoms with van der Waals surface area (Å²) < 4.78 is 12.8. The second-order valence-corrected chi connectivity index (χ2v) is 15.8. The maximum atomic E-state index is 11.3. The van der Waals surface area contributed by atoms with Crippen molar-refractivity contribution in [1.29, 1.82) is 5.26 Å². The Kier molecular flexibility index (Phi) is 8.47. The van der Waals surface area contributed by atoms with Crippen LogP contribution in [-0.2, 0) is 9.22 Å². The minimum absolute atomic E-state index is 0.00559. The molecule has 1 heterocycles. The van der Waals surface area contributed by atoms with Gasteiger partial charge < -0.3 is 19.5 Å². The number of carbonyl (C=O) groups is 1. The number of nitrogens with one attached hydrogen (secondary N) is 2. The van der Waals surface area contributed by atoms with Gasteiger partial charge in [-0.2, -0.15) is 5.26 Å². The molecule has 0 aliphatic rings. The molecule has 0 saturated carbocycles. The van der Waals surface area contributed by atoms with Gasteiger partial charge in [0.05, 0.1) is 16.7 Å². The van der Waals surface area contributed by atoms with Crippen molar-refractivity contribution in [2.24, 2.45) is 0 Å². The first-order valence-electron chi connectivity index (χ1n) is 12.1. The predicted octanol–water partition coefficient (Wildman–Crippen LogP) is 7.09. The minimum atomic E-state index is -2.14. The van der Waals surface area contributed by atoms with Crippen LogP contribution in [0.5, 0.6) is 0 Å². The highest BCUT2D eigenvalue weighted by Gasteiger charge is 2.41. The third-order valence-corrected chi connectivity index (χ3v) is 11.5. The summed E-state index contributed by atoms with van der Waals surface area (Å²) >= 11 is 6.23. The number of nitrogens with zero attached hydrogens (tertiary/aromatic N) is 3. The molecule has 0 aliphatic carbocycles. The zero-order valence-corrected chi connectivity index (χ0v) is 24.3. The Bertz CT molecular complexity index is 1310. The van der Waals surface area contributed by atoms with Crippen molar-refractivity contribution < 1.29 is 13.6 Å². The standard InChI is InChI=1S/C27H34ClN5O3Si/c1-16-13-22(28)20(15-29)14-23(16)31-24(17(2)36-37(7,8)27(4,5)6)26-33-32-25(35-26)19-9-11-21(12-10-19)30-18(3)34/h9-14,17,24,31H,1-8H3,(H,30,34). The van der Waals surface area contributed by atoms with Crippen LogP contribution in [0.3, 0.4) is 0 Å². The van der Waals surface area contributed by atoms with Crippen molar-refractivity contribution in [2.75, 3.05) is 10.6 Å². The molecule has 10 heteroatoms. The highest BCUT2D eigenvalue weighted by Crippen LogP contribution is 2.39. The van der Waals surface area contributed by atoms with Crippen LogP contribution in [0.25, 0.3) is 11.5 Å². The molecule has 1 aromatic heterocycles. The average Bonchev–Trinajstić information content (AvgIpc) is 3.27. The SMILES string of the molecule is CC(=O)Nc1ccc(-c2nnc(C(Nc3cc(C#N)c(Cl)cc3C)C(C)O[Si](C)(C)C(C)(C)C)o2)cc1. The molecular formula is C27H34ClN5O3Si. The van der Waals surface area contributed by atoms with Crippen LogP contribution < -0.4 is 10.6 Å². The van der Waals surface area contributed by atoms with Gasteiger partial charge >= 0.3 is 0 Å². The van der Waals surface area contributed by atoms with E-state index in [0.717, 1.165) is 16.8 Å². The van der Waals surface area contributed by atoms with Crippen LogP contribution in [0.15, 0.2) is 40.8 Å². The summed E-state index contributed by atoms with van der Waals surface area (Å²) in [5.41, 5.74) is 3.38. The van der Waals surface area contributed by atoms with E-state index in [1.807, 2.05) is 26.0 Å². The summed E-state index contributed by atoms with van der Waals surface area (Å²) in [5, 5.41) is 24.7. The second kappa shape index (κ2) is 11.0. The fraction of sp³-hybridized carbons (Fsp3) is 0.407. The lowest BCUT2D eigenvalue weighted by atomic mass is 10.1. The minimum Gasteiger partial charge on any atom is -0.418 e. The van der Waals surface area contributed by atoms with Crippen LogP contribution in [0.1, 0.15) is 57.7 Å². The van der Waals surface area contributed by atoms with Crippen molar-refractivity contribution in [1.82, 2.24) is 10.2 Å². The maximum absolute atomic E-state index is 11.3. The van der Waals surface area contributed by atoms with Gasteiger partial charge in [-0.1, -0.05) is 32.4 Å². The summed E-state index contributed by atoms with van der Waals surface area (Å²) in [5.74, 6) is 0.566. The molecule has 37 heavy (non-hydrogen) atoms. The topological polar surface area (TPSA) is 113 Å². The van der Waals surface area contributed by atoms with Crippen LogP contribution in [0, 0.1) is 18.3 Å². The van der Waals surface area contributed by atoms with Crippen molar-refractivity contribution in [3.63, 3.8) is 0 Å². The van der Waals surface area contributed by atoms with E-state index in [9.17, 15) is 10.1 Å². The summed E-state index contributed by atoms with van der Waals surface area (Å²) in [6.07, 6.45) is -0.322. The number of nitriles is 1. The number of hydrogen-bond acceptors (Lipinski definition) is 7. The number of benzene rings is 2. The molecule has 2 unspecified atom stereocenters. The molecule has 8 nitrogen and oxygen atoms in total. The molecule has 0 aliphatic heterocycles.